The number of nitrogens with zero attached hydrogens (tertiary/aromatic N) is 6. The fourth-order valence-corrected chi connectivity index (χ4v) is 6.72. The lowest BCUT2D eigenvalue weighted by molar-refractivity contribution is -0.132. The van der Waals surface area contributed by atoms with Crippen LogP contribution in [0.2, 0.25) is 0 Å². The normalized spacial score (nSPS) is 17.9. The Morgan fingerprint density at radius 3 is 1.41 bits per heavy atom. The first-order valence-electron chi connectivity index (χ1n) is 19.0. The fraction of sp³-hybridized carbons (Fsp3) is 0.333. The Balaban J connectivity index is 0.000000214. The van der Waals surface area contributed by atoms with Gasteiger partial charge in [0.2, 0.25) is 11.8 Å². The van der Waals surface area contributed by atoms with Gasteiger partial charge in [-0.3, -0.25) is 9.59 Å². The average molecular weight is 792 g/mol. The third-order valence-electron chi connectivity index (χ3n) is 10.5. The molecule has 0 aromatic heterocycles. The summed E-state index contributed by atoms with van der Waals surface area (Å²) in [6, 6.07) is 31.0. The molecule has 2 amide bonds. The minimum atomic E-state index is -0.383. The number of hydrogen-bond donors (Lipinski definition) is 0. The number of anilines is 2. The van der Waals surface area contributed by atoms with E-state index in [-0.39, 0.29) is 30.1 Å². The third kappa shape index (κ3) is 9.14. The first kappa shape index (κ1) is 37.2. The van der Waals surface area contributed by atoms with Crippen LogP contribution < -0.4 is 15.3 Å². The molecule has 3 heterocycles. The molecule has 0 N–H and O–H groups in total. The summed E-state index contributed by atoms with van der Waals surface area (Å²) >= 11 is 3.43. The molecule has 12 heteroatoms. The monoisotopic (exact) mass is 790 g/mol. The van der Waals surface area contributed by atoms with E-state index in [1.165, 1.54) is 0 Å². The molecule has 7 rings (SSSR count). The molecule has 4 aromatic carbocycles. The SMILES string of the molecule is [2H][2H].[C-]#[N+]c1ccc(CN2CCN(c3ccc(B4OC(C)(C)C(C)(C)O4)cc3)CC2=O)cc1.[C-]#[N+]c1ccc(CN2CCN(c3ccc(Br)cc3)CC2=O)cc1. The van der Waals surface area contributed by atoms with Crippen molar-refractivity contribution < 1.29 is 21.9 Å². The van der Waals surface area contributed by atoms with Crippen molar-refractivity contribution in [2.45, 2.75) is 52.0 Å². The highest BCUT2D eigenvalue weighted by atomic mass is 79.9. The minimum absolute atomic E-state index is 0.107. The molecular formula is C42H46BBrN6O4. The molecular weight excluding hydrogens is 743 g/mol. The standard InChI is InChI=1S/C24H28BN3O3.C18H16BrN3O.H2/c1-23(2)24(3,4)31-25(30-23)19-8-12-21(13-9-19)27-14-15-28(22(29)17-27)16-18-6-10-20(26-5)11-7-18;1-20-16-6-2-14(3-7-16)12-22-11-10-21(13-18(22)23)17-8-4-15(19)5-9-17;/h6-13H,14-17H2,1-4H3;2-9H,10-13H2;1H/i;;1+1D. The summed E-state index contributed by atoms with van der Waals surface area (Å²) in [6.07, 6.45) is 0. The molecule has 0 aliphatic carbocycles. The van der Waals surface area contributed by atoms with Gasteiger partial charge in [-0.25, -0.2) is 9.69 Å². The second-order valence-electron chi connectivity index (χ2n) is 14.7. The van der Waals surface area contributed by atoms with Gasteiger partial charge in [-0.2, -0.15) is 0 Å². The minimum Gasteiger partial charge on any atom is -0.399 e. The van der Waals surface area contributed by atoms with Crippen molar-refractivity contribution in [3.8, 4) is 0 Å². The lowest BCUT2D eigenvalue weighted by atomic mass is 9.79. The van der Waals surface area contributed by atoms with E-state index < -0.39 is 0 Å². The number of amides is 2. The molecule has 0 bridgehead atoms. The Kier molecular flexibility index (Phi) is 11.4. The first-order chi connectivity index (χ1) is 26.8. The fourth-order valence-electron chi connectivity index (χ4n) is 6.46. The van der Waals surface area contributed by atoms with Gasteiger partial charge in [0, 0.05) is 58.1 Å². The van der Waals surface area contributed by atoms with Gasteiger partial charge in [0.15, 0.2) is 11.4 Å². The van der Waals surface area contributed by atoms with Crippen molar-refractivity contribution in [2.75, 3.05) is 49.1 Å². The van der Waals surface area contributed by atoms with Gasteiger partial charge in [0.1, 0.15) is 0 Å². The summed E-state index contributed by atoms with van der Waals surface area (Å²) in [5.74, 6) is 0.240. The van der Waals surface area contributed by atoms with E-state index in [9.17, 15) is 9.59 Å². The largest absolute Gasteiger partial charge is 0.494 e. The average Bonchev–Trinajstić information content (AvgIpc) is 3.44. The number of benzene rings is 4. The number of carbonyl (C=O) groups excluding carboxylic acids is 2. The second-order valence-corrected chi connectivity index (χ2v) is 15.6. The van der Waals surface area contributed by atoms with Crippen molar-refractivity contribution in [3.05, 3.63) is 135 Å². The molecule has 3 aliphatic heterocycles. The molecule has 0 unspecified atom stereocenters. The maximum absolute atomic E-state index is 12.7. The number of halogens is 1. The van der Waals surface area contributed by atoms with Crippen LogP contribution in [0.1, 0.15) is 41.8 Å². The van der Waals surface area contributed by atoms with Crippen LogP contribution in [0.3, 0.4) is 0 Å². The van der Waals surface area contributed by atoms with Crippen molar-refractivity contribution >= 4 is 63.1 Å². The topological polar surface area (TPSA) is 74.3 Å². The maximum Gasteiger partial charge on any atom is 0.494 e. The van der Waals surface area contributed by atoms with Gasteiger partial charge in [0.05, 0.1) is 37.4 Å². The van der Waals surface area contributed by atoms with Crippen LogP contribution in [0.15, 0.2) is 102 Å². The van der Waals surface area contributed by atoms with Gasteiger partial charge in [0.25, 0.3) is 0 Å². The lowest BCUT2D eigenvalue weighted by Gasteiger charge is -2.35. The number of carbonyl (C=O) groups is 2. The summed E-state index contributed by atoms with van der Waals surface area (Å²) in [5, 5.41) is 0. The van der Waals surface area contributed by atoms with Gasteiger partial charge < -0.3 is 28.9 Å². The van der Waals surface area contributed by atoms with E-state index >= 15 is 0 Å². The molecule has 4 aromatic rings. The van der Waals surface area contributed by atoms with Crippen molar-refractivity contribution in [3.63, 3.8) is 0 Å². The van der Waals surface area contributed by atoms with Crippen LogP contribution >= 0.6 is 15.9 Å². The zero-order valence-corrected chi connectivity index (χ0v) is 32.8. The highest BCUT2D eigenvalue weighted by Gasteiger charge is 2.51. The zero-order valence-electron chi connectivity index (χ0n) is 33.2. The summed E-state index contributed by atoms with van der Waals surface area (Å²) in [4.78, 5) is 39.9. The van der Waals surface area contributed by atoms with Gasteiger partial charge in [-0.15, -0.1) is 0 Å². The Morgan fingerprint density at radius 1 is 0.648 bits per heavy atom. The van der Waals surface area contributed by atoms with Crippen LogP contribution in [0.4, 0.5) is 22.7 Å². The molecule has 3 saturated heterocycles. The van der Waals surface area contributed by atoms with Gasteiger partial charge in [-0.1, -0.05) is 76.6 Å². The van der Waals surface area contributed by atoms with Crippen molar-refractivity contribution in [1.29, 1.82) is 0 Å². The molecule has 0 atom stereocenters. The third-order valence-corrected chi connectivity index (χ3v) is 11.0. The number of piperazine rings is 2. The molecule has 10 nitrogen and oxygen atoms in total. The van der Waals surface area contributed by atoms with E-state index in [1.54, 1.807) is 24.3 Å². The zero-order chi connectivity index (χ0) is 40.5. The predicted octanol–water partition coefficient (Wildman–Crippen LogP) is 7.48. The molecule has 0 saturated carbocycles. The Hall–Kier alpha value is -5.14. The number of hydrogen-bond acceptors (Lipinski definition) is 6. The molecule has 278 valence electrons. The number of rotatable bonds is 7. The summed E-state index contributed by atoms with van der Waals surface area (Å²) < 4.78 is 23.3. The molecule has 3 aliphatic rings. The highest BCUT2D eigenvalue weighted by molar-refractivity contribution is 9.10. The van der Waals surface area contributed by atoms with Crippen LogP contribution in [-0.4, -0.2) is 79.2 Å². The van der Waals surface area contributed by atoms with Gasteiger partial charge >= 0.3 is 7.12 Å². The summed E-state index contributed by atoms with van der Waals surface area (Å²) in [7, 11) is -0.383. The van der Waals surface area contributed by atoms with Crippen LogP contribution in [0.5, 0.6) is 0 Å². The van der Waals surface area contributed by atoms with E-state index in [0.717, 1.165) is 45.5 Å². The molecule has 0 spiro atoms. The van der Waals surface area contributed by atoms with E-state index in [4.69, 9.17) is 25.4 Å². The Bertz CT molecular complexity index is 2020. The Labute approximate surface area is 330 Å². The lowest BCUT2D eigenvalue weighted by Crippen LogP contribution is -2.50. The van der Waals surface area contributed by atoms with Crippen molar-refractivity contribution in [2.24, 2.45) is 0 Å². The molecule has 0 radical (unpaired) electrons. The second kappa shape index (κ2) is 16.5. The Morgan fingerprint density at radius 2 is 1.04 bits per heavy atom. The van der Waals surface area contributed by atoms with E-state index in [2.05, 4.69) is 35.4 Å². The van der Waals surface area contributed by atoms with E-state index in [1.807, 2.05) is 110 Å². The van der Waals surface area contributed by atoms with Crippen LogP contribution in [0.25, 0.3) is 9.69 Å². The molecule has 3 fully saturated rings. The quantitative estimate of drug-likeness (QED) is 0.143. The predicted molar refractivity (Wildman–Crippen MR) is 219 cm³/mol. The van der Waals surface area contributed by atoms with Crippen LogP contribution in [0, 0.1) is 13.1 Å². The highest BCUT2D eigenvalue weighted by Crippen LogP contribution is 2.36. The van der Waals surface area contributed by atoms with Crippen molar-refractivity contribution in [1.82, 2.24) is 9.80 Å². The maximum atomic E-state index is 12.7. The molecule has 54 heavy (non-hydrogen) atoms. The summed E-state index contributed by atoms with van der Waals surface area (Å²) in [6.45, 7) is 27.1. The van der Waals surface area contributed by atoms with E-state index in [0.29, 0.717) is 50.6 Å². The van der Waals surface area contributed by atoms with Gasteiger partial charge in [-0.05, 0) is 80.7 Å². The summed E-state index contributed by atoms with van der Waals surface area (Å²) in [5.41, 5.74) is 5.69. The smallest absolute Gasteiger partial charge is 0.399 e. The van der Waals surface area contributed by atoms with Crippen LogP contribution in [-0.2, 0) is 32.0 Å². The first-order valence-corrected chi connectivity index (χ1v) is 18.8.